The van der Waals surface area contributed by atoms with Gasteiger partial charge in [-0.15, -0.1) is 5.10 Å². The topological polar surface area (TPSA) is 96.5 Å². The standard InChI is InChI=1S/C29H24F2N6O3/c30-24-16-22-26(25(31)27(24)35-14-12-34(13-15-35)20-4-2-1-3-5-20)37(18-23(28(22)38)29(39)40)21-8-6-19(7-9-21)17-36-11-10-32-33-36/h1-11,16,18H,12-15,17H2,(H,39,40). The maximum Gasteiger partial charge on any atom is 0.341 e. The Morgan fingerprint density at radius 1 is 0.925 bits per heavy atom. The van der Waals surface area contributed by atoms with Crippen LogP contribution in [0.3, 0.4) is 0 Å². The highest BCUT2D eigenvalue weighted by atomic mass is 19.1. The number of benzene rings is 3. The van der Waals surface area contributed by atoms with Crippen LogP contribution in [-0.4, -0.2) is 56.8 Å². The molecule has 6 rings (SSSR count). The van der Waals surface area contributed by atoms with Crippen LogP contribution in [0.15, 0.2) is 84.0 Å². The number of hydrogen-bond donors (Lipinski definition) is 1. The predicted molar refractivity (Wildman–Crippen MR) is 146 cm³/mol. The Balaban J connectivity index is 1.42. The van der Waals surface area contributed by atoms with Crippen molar-refractivity contribution in [1.82, 2.24) is 19.6 Å². The summed E-state index contributed by atoms with van der Waals surface area (Å²) in [5.74, 6) is -3.30. The van der Waals surface area contributed by atoms with Gasteiger partial charge in [-0.1, -0.05) is 35.5 Å². The second-order valence-corrected chi connectivity index (χ2v) is 9.54. The third-order valence-electron chi connectivity index (χ3n) is 7.14. The molecule has 3 heterocycles. The molecule has 5 aromatic rings. The molecule has 0 atom stereocenters. The second kappa shape index (κ2) is 10.3. The van der Waals surface area contributed by atoms with E-state index in [1.165, 1.54) is 4.57 Å². The second-order valence-electron chi connectivity index (χ2n) is 9.54. The van der Waals surface area contributed by atoms with Crippen LogP contribution >= 0.6 is 0 Å². The third kappa shape index (κ3) is 4.55. The van der Waals surface area contributed by atoms with Crippen molar-refractivity contribution < 1.29 is 18.7 Å². The number of fused-ring (bicyclic) bond motifs is 1. The molecule has 0 aliphatic carbocycles. The van der Waals surface area contributed by atoms with Crippen molar-refractivity contribution in [3.05, 3.63) is 112 Å². The molecule has 40 heavy (non-hydrogen) atoms. The molecule has 0 saturated carbocycles. The summed E-state index contributed by atoms with van der Waals surface area (Å²) in [6.45, 7) is 2.29. The lowest BCUT2D eigenvalue weighted by molar-refractivity contribution is 0.0695. The molecular weight excluding hydrogens is 518 g/mol. The molecule has 3 aromatic carbocycles. The Bertz CT molecular complexity index is 1750. The molecule has 0 amide bonds. The van der Waals surface area contributed by atoms with Crippen LogP contribution in [0, 0.1) is 11.6 Å². The molecular formula is C29H24F2N6O3. The number of pyridine rings is 1. The van der Waals surface area contributed by atoms with Crippen LogP contribution in [0.25, 0.3) is 16.6 Å². The zero-order valence-electron chi connectivity index (χ0n) is 21.2. The first-order valence-electron chi connectivity index (χ1n) is 12.7. The predicted octanol–water partition coefficient (Wildman–Crippen LogP) is 3.93. The van der Waals surface area contributed by atoms with Crippen molar-refractivity contribution >= 4 is 28.2 Å². The van der Waals surface area contributed by atoms with E-state index in [-0.39, 0.29) is 16.6 Å². The van der Waals surface area contributed by atoms with Crippen molar-refractivity contribution in [2.45, 2.75) is 6.54 Å². The molecule has 11 heteroatoms. The number of para-hydroxylation sites is 1. The average Bonchev–Trinajstić information content (AvgIpc) is 3.48. The van der Waals surface area contributed by atoms with Crippen LogP contribution < -0.4 is 15.2 Å². The highest BCUT2D eigenvalue weighted by Gasteiger charge is 2.27. The number of hydrogen-bond acceptors (Lipinski definition) is 6. The smallest absolute Gasteiger partial charge is 0.341 e. The lowest BCUT2D eigenvalue weighted by Crippen LogP contribution is -2.47. The number of carboxylic acid groups (broad SMARTS) is 1. The van der Waals surface area contributed by atoms with Gasteiger partial charge in [0.05, 0.1) is 23.6 Å². The first-order valence-corrected chi connectivity index (χ1v) is 12.7. The Kier molecular flexibility index (Phi) is 6.47. The first-order chi connectivity index (χ1) is 19.4. The van der Waals surface area contributed by atoms with Gasteiger partial charge >= 0.3 is 5.97 Å². The molecule has 0 radical (unpaired) electrons. The van der Waals surface area contributed by atoms with E-state index in [9.17, 15) is 14.7 Å². The molecule has 1 N–H and O–H groups in total. The van der Waals surface area contributed by atoms with Gasteiger partial charge < -0.3 is 19.5 Å². The van der Waals surface area contributed by atoms with E-state index in [0.29, 0.717) is 38.4 Å². The van der Waals surface area contributed by atoms with Crippen molar-refractivity contribution in [3.8, 4) is 5.69 Å². The van der Waals surface area contributed by atoms with Gasteiger partial charge in [-0.05, 0) is 35.9 Å². The molecule has 9 nitrogen and oxygen atoms in total. The Morgan fingerprint density at radius 2 is 1.62 bits per heavy atom. The van der Waals surface area contributed by atoms with Crippen LogP contribution in [0.1, 0.15) is 15.9 Å². The Labute approximate surface area is 227 Å². The quantitative estimate of drug-likeness (QED) is 0.347. The van der Waals surface area contributed by atoms with E-state index in [1.54, 1.807) is 46.2 Å². The van der Waals surface area contributed by atoms with E-state index in [4.69, 9.17) is 0 Å². The van der Waals surface area contributed by atoms with Gasteiger partial charge in [0.25, 0.3) is 0 Å². The Morgan fingerprint density at radius 3 is 2.27 bits per heavy atom. The van der Waals surface area contributed by atoms with Gasteiger partial charge in [0, 0.05) is 49.9 Å². The summed E-state index contributed by atoms with van der Waals surface area (Å²) in [4.78, 5) is 28.7. The fourth-order valence-electron chi connectivity index (χ4n) is 5.14. The number of nitrogens with zero attached hydrogens (tertiary/aromatic N) is 6. The molecule has 0 spiro atoms. The molecule has 2 aromatic heterocycles. The van der Waals surface area contributed by atoms with Gasteiger partial charge in [0.15, 0.2) is 5.82 Å². The lowest BCUT2D eigenvalue weighted by atomic mass is 10.1. The Hall–Kier alpha value is -5.06. The molecule has 0 unspecified atom stereocenters. The number of anilines is 2. The largest absolute Gasteiger partial charge is 0.477 e. The minimum Gasteiger partial charge on any atom is -0.477 e. The monoisotopic (exact) mass is 542 g/mol. The molecule has 1 aliphatic rings. The highest BCUT2D eigenvalue weighted by molar-refractivity contribution is 5.94. The summed E-state index contributed by atoms with van der Waals surface area (Å²) in [5.41, 5.74) is 0.382. The molecule has 202 valence electrons. The fraction of sp³-hybridized carbons (Fsp3) is 0.172. The fourth-order valence-corrected chi connectivity index (χ4v) is 5.14. The van der Waals surface area contributed by atoms with Crippen LogP contribution in [-0.2, 0) is 6.54 Å². The summed E-state index contributed by atoms with van der Waals surface area (Å²) in [5, 5.41) is 17.0. The summed E-state index contributed by atoms with van der Waals surface area (Å²) >= 11 is 0. The number of aromatic nitrogens is 4. The number of aromatic carboxylic acids is 1. The van der Waals surface area contributed by atoms with Crippen molar-refractivity contribution in [3.63, 3.8) is 0 Å². The van der Waals surface area contributed by atoms with E-state index in [1.807, 2.05) is 30.3 Å². The number of rotatable bonds is 6. The minimum atomic E-state index is -1.48. The average molecular weight is 543 g/mol. The molecule has 1 fully saturated rings. The van der Waals surface area contributed by atoms with E-state index < -0.39 is 28.6 Å². The number of piperazine rings is 1. The maximum absolute atomic E-state index is 16.3. The number of carboxylic acids is 1. The minimum absolute atomic E-state index is 0.180. The van der Waals surface area contributed by atoms with E-state index >= 15 is 8.78 Å². The van der Waals surface area contributed by atoms with Crippen molar-refractivity contribution in [1.29, 1.82) is 0 Å². The van der Waals surface area contributed by atoms with Gasteiger partial charge in [-0.2, -0.15) is 0 Å². The molecule has 1 saturated heterocycles. The summed E-state index contributed by atoms with van der Waals surface area (Å²) in [6, 6.07) is 17.7. The van der Waals surface area contributed by atoms with Crippen LogP contribution in [0.5, 0.6) is 0 Å². The van der Waals surface area contributed by atoms with Gasteiger partial charge in [0.2, 0.25) is 5.43 Å². The highest BCUT2D eigenvalue weighted by Crippen LogP contribution is 2.32. The van der Waals surface area contributed by atoms with Crippen molar-refractivity contribution in [2.75, 3.05) is 36.0 Å². The zero-order chi connectivity index (χ0) is 27.8. The van der Waals surface area contributed by atoms with E-state index in [0.717, 1.165) is 23.5 Å². The maximum atomic E-state index is 16.3. The normalized spacial score (nSPS) is 13.7. The third-order valence-corrected chi connectivity index (χ3v) is 7.14. The summed E-state index contributed by atoms with van der Waals surface area (Å²) < 4.78 is 34.7. The number of carbonyl (C=O) groups is 1. The van der Waals surface area contributed by atoms with E-state index in [2.05, 4.69) is 15.2 Å². The zero-order valence-corrected chi connectivity index (χ0v) is 21.2. The van der Waals surface area contributed by atoms with Crippen LogP contribution in [0.4, 0.5) is 20.2 Å². The summed E-state index contributed by atoms with van der Waals surface area (Å²) in [6.07, 6.45) is 4.38. The van der Waals surface area contributed by atoms with Gasteiger partial charge in [0.1, 0.15) is 17.1 Å². The number of halogens is 2. The first kappa shape index (κ1) is 25.2. The summed E-state index contributed by atoms with van der Waals surface area (Å²) in [7, 11) is 0. The van der Waals surface area contributed by atoms with Gasteiger partial charge in [-0.25, -0.2) is 18.3 Å². The molecule has 1 aliphatic heterocycles. The SMILES string of the molecule is O=C(O)c1cn(-c2ccc(Cn3ccnn3)cc2)c2c(F)c(N3CCN(c4ccccc4)CC3)c(F)cc2c1=O. The van der Waals surface area contributed by atoms with Gasteiger partial charge in [-0.3, -0.25) is 4.79 Å². The van der Waals surface area contributed by atoms with Crippen molar-refractivity contribution in [2.24, 2.45) is 0 Å². The molecule has 0 bridgehead atoms. The lowest BCUT2D eigenvalue weighted by Gasteiger charge is -2.37. The van der Waals surface area contributed by atoms with Crippen LogP contribution in [0.2, 0.25) is 0 Å².